The Morgan fingerprint density at radius 2 is 1.63 bits per heavy atom. The number of nitrogens with zero attached hydrogens (tertiary/aromatic N) is 2. The van der Waals surface area contributed by atoms with Gasteiger partial charge in [-0.2, -0.15) is 0 Å². The largest absolute Gasteiger partial charge is 0.366 e. The number of fused-ring (bicyclic) bond motifs is 1. The molecule has 2 aliphatic heterocycles. The molecule has 3 aromatic carbocycles. The number of hydrogen-bond acceptors (Lipinski definition) is 6. The van der Waals surface area contributed by atoms with Crippen molar-refractivity contribution in [2.45, 2.75) is 44.3 Å². The first-order valence-electron chi connectivity index (χ1n) is 14.4. The molecule has 2 aliphatic rings. The molecule has 0 spiro atoms. The van der Waals surface area contributed by atoms with Gasteiger partial charge in [0.2, 0.25) is 21.8 Å². The lowest BCUT2D eigenvalue weighted by atomic mass is 9.82. The maximum absolute atomic E-state index is 14.0. The third-order valence-corrected chi connectivity index (χ3v) is 8.91. The first-order valence-corrected chi connectivity index (χ1v) is 16.7. The summed E-state index contributed by atoms with van der Waals surface area (Å²) in [6.45, 7) is 6.02. The van der Waals surface area contributed by atoms with E-state index in [4.69, 9.17) is 11.6 Å². The van der Waals surface area contributed by atoms with E-state index in [-0.39, 0.29) is 11.8 Å². The van der Waals surface area contributed by atoms with Gasteiger partial charge in [0, 0.05) is 43.2 Å². The standard InChI is InChI=1S/C32H38ClN5O4S/c1-32(2)25-9-5-4-8-23(25)21-27(35-32)30(39)34-28(20-22-12-14-24(33)15-13-22)31(40)38-18-16-37(17-19-38)29-11-7-6-10-26(29)36-43(3,41)42/h4-15,27-28,35-36H,16-21H2,1-3H3,(H,34,39)/t27?,28-/m1/s1. The molecule has 1 fully saturated rings. The normalized spacial score (nSPS) is 18.8. The molecule has 228 valence electrons. The number of halogens is 1. The van der Waals surface area contributed by atoms with Crippen molar-refractivity contribution in [3.05, 3.63) is 94.5 Å². The highest BCUT2D eigenvalue weighted by Gasteiger charge is 2.37. The van der Waals surface area contributed by atoms with Gasteiger partial charge in [-0.15, -0.1) is 0 Å². The minimum Gasteiger partial charge on any atom is -0.366 e. The van der Waals surface area contributed by atoms with Crippen LogP contribution in [-0.4, -0.2) is 69.7 Å². The summed E-state index contributed by atoms with van der Waals surface area (Å²) in [5, 5.41) is 7.16. The van der Waals surface area contributed by atoms with Crippen LogP contribution >= 0.6 is 11.6 Å². The van der Waals surface area contributed by atoms with Crippen molar-refractivity contribution in [2.75, 3.05) is 42.1 Å². The second kappa shape index (κ2) is 12.6. The quantitative estimate of drug-likeness (QED) is 0.354. The van der Waals surface area contributed by atoms with E-state index in [9.17, 15) is 18.0 Å². The number of nitrogens with one attached hydrogen (secondary N) is 3. The van der Waals surface area contributed by atoms with E-state index in [0.717, 1.165) is 23.1 Å². The van der Waals surface area contributed by atoms with Gasteiger partial charge in [-0.25, -0.2) is 8.42 Å². The van der Waals surface area contributed by atoms with E-state index < -0.39 is 27.6 Å². The van der Waals surface area contributed by atoms with Gasteiger partial charge in [0.05, 0.1) is 23.7 Å². The Balaban J connectivity index is 1.31. The third kappa shape index (κ3) is 7.49. The molecule has 1 saturated heterocycles. The summed E-state index contributed by atoms with van der Waals surface area (Å²) in [5.41, 5.74) is 4.04. The monoisotopic (exact) mass is 623 g/mol. The Morgan fingerprint density at radius 1 is 0.977 bits per heavy atom. The Morgan fingerprint density at radius 3 is 2.33 bits per heavy atom. The Bertz CT molecular complexity index is 1590. The van der Waals surface area contributed by atoms with Crippen molar-refractivity contribution in [2.24, 2.45) is 0 Å². The fourth-order valence-electron chi connectivity index (χ4n) is 6.00. The zero-order valence-electron chi connectivity index (χ0n) is 24.6. The van der Waals surface area contributed by atoms with Crippen LogP contribution in [0.5, 0.6) is 0 Å². The molecule has 3 N–H and O–H groups in total. The number of rotatable bonds is 8. The number of hydrogen-bond donors (Lipinski definition) is 3. The molecule has 43 heavy (non-hydrogen) atoms. The molecule has 2 atom stereocenters. The van der Waals surface area contributed by atoms with E-state index in [2.05, 4.69) is 46.2 Å². The zero-order chi connectivity index (χ0) is 30.8. The predicted octanol–water partition coefficient (Wildman–Crippen LogP) is 3.54. The molecule has 0 bridgehead atoms. The fraction of sp³-hybridized carbons (Fsp3) is 0.375. The first kappa shape index (κ1) is 30.8. The van der Waals surface area contributed by atoms with E-state index in [1.807, 2.05) is 36.4 Å². The van der Waals surface area contributed by atoms with Crippen LogP contribution in [-0.2, 0) is 38.0 Å². The molecule has 5 rings (SSSR count). The first-order chi connectivity index (χ1) is 20.4. The number of piperazine rings is 1. The molecule has 0 saturated carbocycles. The molecule has 9 nitrogen and oxygen atoms in total. The van der Waals surface area contributed by atoms with Gasteiger partial charge in [-0.3, -0.25) is 19.6 Å². The average molecular weight is 624 g/mol. The smallest absolute Gasteiger partial charge is 0.245 e. The van der Waals surface area contributed by atoms with Crippen molar-refractivity contribution in [3.8, 4) is 0 Å². The molecule has 0 aliphatic carbocycles. The van der Waals surface area contributed by atoms with Crippen LogP contribution in [0.25, 0.3) is 0 Å². The summed E-state index contributed by atoms with van der Waals surface area (Å²) in [6.07, 6.45) is 1.99. The van der Waals surface area contributed by atoms with Crippen molar-refractivity contribution in [1.29, 1.82) is 0 Å². The lowest BCUT2D eigenvalue weighted by molar-refractivity contribution is -0.137. The Kier molecular flexibility index (Phi) is 9.01. The topological polar surface area (TPSA) is 111 Å². The number of sulfonamides is 1. The third-order valence-electron chi connectivity index (χ3n) is 8.07. The molecule has 2 amide bonds. The summed E-state index contributed by atoms with van der Waals surface area (Å²) in [5.74, 6) is -0.365. The van der Waals surface area contributed by atoms with E-state index in [0.29, 0.717) is 49.7 Å². The maximum Gasteiger partial charge on any atom is 0.245 e. The van der Waals surface area contributed by atoms with Crippen LogP contribution in [0.3, 0.4) is 0 Å². The minimum atomic E-state index is -3.45. The molecule has 2 heterocycles. The SMILES string of the molecule is CC1(C)NC(C(=O)N[C@H](Cc2ccc(Cl)cc2)C(=O)N2CCN(c3ccccc3NS(C)(=O)=O)CC2)Cc2ccccc21. The highest BCUT2D eigenvalue weighted by Crippen LogP contribution is 2.30. The highest BCUT2D eigenvalue weighted by atomic mass is 35.5. The summed E-state index contributed by atoms with van der Waals surface area (Å²) < 4.78 is 26.4. The van der Waals surface area contributed by atoms with Gasteiger partial charge >= 0.3 is 0 Å². The van der Waals surface area contributed by atoms with E-state index in [1.165, 1.54) is 5.56 Å². The van der Waals surface area contributed by atoms with Gasteiger partial charge in [-0.05, 0) is 61.2 Å². The molecule has 0 radical (unpaired) electrons. The van der Waals surface area contributed by atoms with Crippen LogP contribution < -0.4 is 20.3 Å². The molecular weight excluding hydrogens is 586 g/mol. The van der Waals surface area contributed by atoms with Crippen molar-refractivity contribution in [3.63, 3.8) is 0 Å². The lowest BCUT2D eigenvalue weighted by Gasteiger charge is -2.40. The van der Waals surface area contributed by atoms with Crippen LogP contribution in [0.4, 0.5) is 11.4 Å². The number of carbonyl (C=O) groups excluding carboxylic acids is 2. The van der Waals surface area contributed by atoms with Crippen molar-refractivity contribution in [1.82, 2.24) is 15.5 Å². The molecular formula is C32H38ClN5O4S. The van der Waals surface area contributed by atoms with Gasteiger partial charge in [0.15, 0.2) is 0 Å². The number of amides is 2. The van der Waals surface area contributed by atoms with Crippen molar-refractivity contribution < 1.29 is 18.0 Å². The fourth-order valence-corrected chi connectivity index (χ4v) is 6.70. The summed E-state index contributed by atoms with van der Waals surface area (Å²) >= 11 is 6.10. The predicted molar refractivity (Wildman–Crippen MR) is 171 cm³/mol. The average Bonchev–Trinajstić information content (AvgIpc) is 2.97. The van der Waals surface area contributed by atoms with Crippen LogP contribution in [0, 0.1) is 0 Å². The highest BCUT2D eigenvalue weighted by molar-refractivity contribution is 7.92. The zero-order valence-corrected chi connectivity index (χ0v) is 26.2. The number of carbonyl (C=O) groups is 2. The van der Waals surface area contributed by atoms with E-state index in [1.54, 1.807) is 29.2 Å². The summed E-state index contributed by atoms with van der Waals surface area (Å²) in [7, 11) is -3.45. The second-order valence-corrected chi connectivity index (χ2v) is 14.0. The van der Waals surface area contributed by atoms with Gasteiger partial charge in [-0.1, -0.05) is 60.1 Å². The maximum atomic E-state index is 14.0. The number of anilines is 2. The van der Waals surface area contributed by atoms with Crippen molar-refractivity contribution >= 4 is 44.8 Å². The molecule has 1 unspecified atom stereocenters. The van der Waals surface area contributed by atoms with E-state index >= 15 is 0 Å². The second-order valence-electron chi connectivity index (χ2n) is 11.8. The van der Waals surface area contributed by atoms with Crippen LogP contribution in [0.1, 0.15) is 30.5 Å². The molecule has 3 aromatic rings. The van der Waals surface area contributed by atoms with Crippen LogP contribution in [0.2, 0.25) is 5.02 Å². The van der Waals surface area contributed by atoms with Gasteiger partial charge in [0.1, 0.15) is 6.04 Å². The molecule has 0 aromatic heterocycles. The molecule has 11 heteroatoms. The minimum absolute atomic E-state index is 0.152. The van der Waals surface area contributed by atoms with Crippen LogP contribution in [0.15, 0.2) is 72.8 Å². The van der Waals surface area contributed by atoms with Gasteiger partial charge in [0.25, 0.3) is 0 Å². The number of para-hydroxylation sites is 2. The Hall–Kier alpha value is -3.60. The summed E-state index contributed by atoms with van der Waals surface area (Å²) in [6, 6.07) is 21.4. The number of benzene rings is 3. The summed E-state index contributed by atoms with van der Waals surface area (Å²) in [4.78, 5) is 31.5. The lowest BCUT2D eigenvalue weighted by Crippen LogP contribution is -2.60. The Labute approximate surface area is 258 Å². The van der Waals surface area contributed by atoms with Gasteiger partial charge < -0.3 is 15.1 Å².